The van der Waals surface area contributed by atoms with Crippen molar-refractivity contribution in [3.63, 3.8) is 0 Å². The number of anilines is 2. The number of nitrogens with one attached hydrogen (secondary N) is 1. The number of likely N-dealkylation sites (N-methyl/N-ethyl adjacent to an activating group) is 1. The molecule has 0 bridgehead atoms. The zero-order valence-electron chi connectivity index (χ0n) is 13.9. The van der Waals surface area contributed by atoms with Gasteiger partial charge in [-0.15, -0.1) is 0 Å². The fraction of sp³-hybridized carbons (Fsp3) is 0.333. The number of carbonyl (C=O) groups is 1. The summed E-state index contributed by atoms with van der Waals surface area (Å²) in [6, 6.07) is 9.14. The van der Waals surface area contributed by atoms with Crippen molar-refractivity contribution in [3.05, 3.63) is 52.8 Å². The van der Waals surface area contributed by atoms with Gasteiger partial charge in [0.1, 0.15) is 5.69 Å². The summed E-state index contributed by atoms with van der Waals surface area (Å²) in [5, 5.41) is 3.46. The maximum Gasteiger partial charge on any atom is 0.274 e. The topological polar surface area (TPSA) is 48.5 Å². The van der Waals surface area contributed by atoms with Gasteiger partial charge in [0.05, 0.1) is 11.9 Å². The largest absolute Gasteiger partial charge is 0.368 e. The van der Waals surface area contributed by atoms with E-state index in [4.69, 9.17) is 11.6 Å². The van der Waals surface area contributed by atoms with E-state index in [0.29, 0.717) is 16.4 Å². The minimum absolute atomic E-state index is 0.231. The highest BCUT2D eigenvalue weighted by Gasteiger charge is 2.15. The van der Waals surface area contributed by atoms with Crippen molar-refractivity contribution in [1.82, 2.24) is 9.88 Å². The van der Waals surface area contributed by atoms with Crippen molar-refractivity contribution < 1.29 is 4.79 Å². The minimum Gasteiger partial charge on any atom is -0.368 e. The van der Waals surface area contributed by atoms with E-state index in [9.17, 15) is 4.79 Å². The Morgan fingerprint density at radius 1 is 1.17 bits per heavy atom. The van der Waals surface area contributed by atoms with Gasteiger partial charge in [-0.2, -0.15) is 0 Å². The van der Waals surface area contributed by atoms with Gasteiger partial charge in [-0.3, -0.25) is 4.79 Å². The molecule has 24 heavy (non-hydrogen) atoms. The third-order valence-corrected chi connectivity index (χ3v) is 4.53. The maximum atomic E-state index is 12.4. The molecule has 1 fully saturated rings. The van der Waals surface area contributed by atoms with Gasteiger partial charge in [-0.1, -0.05) is 17.7 Å². The van der Waals surface area contributed by atoms with E-state index in [2.05, 4.69) is 27.1 Å². The van der Waals surface area contributed by atoms with Gasteiger partial charge in [-0.05, 0) is 43.8 Å². The molecule has 1 amide bonds. The first kappa shape index (κ1) is 16.7. The fourth-order valence-electron chi connectivity index (χ4n) is 2.69. The van der Waals surface area contributed by atoms with E-state index < -0.39 is 0 Å². The van der Waals surface area contributed by atoms with Crippen molar-refractivity contribution >= 4 is 28.9 Å². The average Bonchev–Trinajstić information content (AvgIpc) is 2.59. The molecule has 1 aromatic heterocycles. The Hall–Kier alpha value is -2.11. The van der Waals surface area contributed by atoms with E-state index in [1.165, 1.54) is 0 Å². The molecule has 1 aromatic carbocycles. The second kappa shape index (κ2) is 7.20. The SMILES string of the molecule is Cc1ccc(Cl)cc1NC(=O)c1ccc(N2CCN(C)CC2)cn1. The van der Waals surface area contributed by atoms with E-state index in [0.717, 1.165) is 37.4 Å². The van der Waals surface area contributed by atoms with E-state index in [1.807, 2.05) is 19.1 Å². The second-order valence-electron chi connectivity index (χ2n) is 6.11. The van der Waals surface area contributed by atoms with Gasteiger partial charge >= 0.3 is 0 Å². The van der Waals surface area contributed by atoms with Crippen LogP contribution in [0.3, 0.4) is 0 Å². The first-order chi connectivity index (χ1) is 11.5. The Kier molecular flexibility index (Phi) is 5.02. The van der Waals surface area contributed by atoms with Crippen LogP contribution in [-0.4, -0.2) is 49.0 Å². The average molecular weight is 345 g/mol. The van der Waals surface area contributed by atoms with Crippen molar-refractivity contribution in [1.29, 1.82) is 0 Å². The summed E-state index contributed by atoms with van der Waals surface area (Å²) < 4.78 is 0. The van der Waals surface area contributed by atoms with Gasteiger partial charge < -0.3 is 15.1 Å². The molecule has 0 saturated carbocycles. The minimum atomic E-state index is -0.231. The molecule has 0 aliphatic carbocycles. The van der Waals surface area contributed by atoms with Crippen LogP contribution in [-0.2, 0) is 0 Å². The summed E-state index contributed by atoms with van der Waals surface area (Å²) in [7, 11) is 2.13. The number of amides is 1. The van der Waals surface area contributed by atoms with Gasteiger partial charge in [0.2, 0.25) is 0 Å². The van der Waals surface area contributed by atoms with Gasteiger partial charge in [0.15, 0.2) is 0 Å². The number of hydrogen-bond donors (Lipinski definition) is 1. The zero-order valence-corrected chi connectivity index (χ0v) is 14.7. The highest BCUT2D eigenvalue weighted by molar-refractivity contribution is 6.31. The molecule has 6 heteroatoms. The Bertz CT molecular complexity index is 724. The van der Waals surface area contributed by atoms with Crippen molar-refractivity contribution in [2.45, 2.75) is 6.92 Å². The standard InChI is InChI=1S/C18H21ClN4O/c1-13-3-4-14(19)11-17(13)21-18(24)16-6-5-15(12-20-16)23-9-7-22(2)8-10-23/h3-6,11-12H,7-10H2,1-2H3,(H,21,24). The number of rotatable bonds is 3. The number of aryl methyl sites for hydroxylation is 1. The lowest BCUT2D eigenvalue weighted by Crippen LogP contribution is -2.44. The van der Waals surface area contributed by atoms with Gasteiger partial charge in [-0.25, -0.2) is 4.98 Å². The quantitative estimate of drug-likeness (QED) is 0.929. The van der Waals surface area contributed by atoms with Crippen LogP contribution in [0.2, 0.25) is 5.02 Å². The maximum absolute atomic E-state index is 12.4. The number of piperazine rings is 1. The lowest BCUT2D eigenvalue weighted by molar-refractivity contribution is 0.102. The number of halogens is 1. The van der Waals surface area contributed by atoms with E-state index in [-0.39, 0.29) is 5.91 Å². The number of aromatic nitrogens is 1. The Morgan fingerprint density at radius 2 is 1.92 bits per heavy atom. The molecular weight excluding hydrogens is 324 g/mol. The molecule has 1 saturated heterocycles. The summed E-state index contributed by atoms with van der Waals surface area (Å²) in [5.41, 5.74) is 3.12. The summed E-state index contributed by atoms with van der Waals surface area (Å²) in [4.78, 5) is 21.3. The van der Waals surface area contributed by atoms with Crippen LogP contribution in [0.15, 0.2) is 36.5 Å². The zero-order chi connectivity index (χ0) is 17.1. The van der Waals surface area contributed by atoms with E-state index >= 15 is 0 Å². The van der Waals surface area contributed by atoms with Gasteiger partial charge in [0.25, 0.3) is 5.91 Å². The van der Waals surface area contributed by atoms with Crippen molar-refractivity contribution in [3.8, 4) is 0 Å². The summed E-state index contributed by atoms with van der Waals surface area (Å²) >= 11 is 5.99. The van der Waals surface area contributed by atoms with Crippen LogP contribution in [0.25, 0.3) is 0 Å². The number of benzene rings is 1. The lowest BCUT2D eigenvalue weighted by Gasteiger charge is -2.33. The van der Waals surface area contributed by atoms with Crippen LogP contribution < -0.4 is 10.2 Å². The van der Waals surface area contributed by atoms with Gasteiger partial charge in [0, 0.05) is 36.9 Å². The normalized spacial score (nSPS) is 15.4. The van der Waals surface area contributed by atoms with Crippen LogP contribution in [0.1, 0.15) is 16.1 Å². The number of hydrogen-bond acceptors (Lipinski definition) is 4. The van der Waals surface area contributed by atoms with Crippen molar-refractivity contribution in [2.24, 2.45) is 0 Å². The molecular formula is C18H21ClN4O. The molecule has 2 heterocycles. The molecule has 0 radical (unpaired) electrons. The Morgan fingerprint density at radius 3 is 2.58 bits per heavy atom. The fourth-order valence-corrected chi connectivity index (χ4v) is 2.86. The highest BCUT2D eigenvalue weighted by atomic mass is 35.5. The number of pyridine rings is 1. The summed E-state index contributed by atoms with van der Waals surface area (Å²) in [6.45, 7) is 5.96. The molecule has 1 aliphatic rings. The molecule has 0 atom stereocenters. The number of carbonyl (C=O) groups excluding carboxylic acids is 1. The molecule has 0 spiro atoms. The molecule has 0 unspecified atom stereocenters. The third-order valence-electron chi connectivity index (χ3n) is 4.30. The molecule has 2 aromatic rings. The monoisotopic (exact) mass is 344 g/mol. The van der Waals surface area contributed by atoms with Crippen LogP contribution in [0.4, 0.5) is 11.4 Å². The summed E-state index contributed by atoms with van der Waals surface area (Å²) in [6.07, 6.45) is 1.77. The van der Waals surface area contributed by atoms with Crippen LogP contribution in [0, 0.1) is 6.92 Å². The smallest absolute Gasteiger partial charge is 0.274 e. The highest BCUT2D eigenvalue weighted by Crippen LogP contribution is 2.21. The summed E-state index contributed by atoms with van der Waals surface area (Å²) in [5.74, 6) is -0.231. The van der Waals surface area contributed by atoms with Crippen LogP contribution >= 0.6 is 11.6 Å². The first-order valence-electron chi connectivity index (χ1n) is 8.00. The molecule has 5 nitrogen and oxygen atoms in total. The van der Waals surface area contributed by atoms with Crippen molar-refractivity contribution in [2.75, 3.05) is 43.4 Å². The molecule has 1 aliphatic heterocycles. The Labute approximate surface area is 147 Å². The molecule has 126 valence electrons. The predicted molar refractivity (Wildman–Crippen MR) is 98.1 cm³/mol. The number of nitrogens with zero attached hydrogens (tertiary/aromatic N) is 3. The molecule has 3 rings (SSSR count). The first-order valence-corrected chi connectivity index (χ1v) is 8.38. The van der Waals surface area contributed by atoms with E-state index in [1.54, 1.807) is 24.4 Å². The molecule has 1 N–H and O–H groups in total. The van der Waals surface area contributed by atoms with Crippen LogP contribution in [0.5, 0.6) is 0 Å². The second-order valence-corrected chi connectivity index (χ2v) is 6.54. The third kappa shape index (κ3) is 3.86. The predicted octanol–water partition coefficient (Wildman–Crippen LogP) is 3.05. The Balaban J connectivity index is 1.68. The lowest BCUT2D eigenvalue weighted by atomic mass is 10.2.